The van der Waals surface area contributed by atoms with Crippen LogP contribution in [0.1, 0.15) is 67.2 Å². The minimum atomic E-state index is -0.277. The van der Waals surface area contributed by atoms with Gasteiger partial charge in [-0.2, -0.15) is 15.0 Å². The first kappa shape index (κ1) is 21.2. The maximum absolute atomic E-state index is 12.3. The smallest absolute Gasteiger partial charge is 0.231 e. The number of carbonyl (C=O) groups excluding carboxylic acids is 1. The van der Waals surface area contributed by atoms with Crippen LogP contribution in [0.2, 0.25) is 10.6 Å². The summed E-state index contributed by atoms with van der Waals surface area (Å²) in [6.07, 6.45) is 3.72. The molecule has 1 aliphatic rings. The molecule has 0 bridgehead atoms. The first-order valence-corrected chi connectivity index (χ1v) is 9.88. The zero-order valence-corrected chi connectivity index (χ0v) is 18.0. The largest absolute Gasteiger partial charge is 0.340 e. The van der Waals surface area contributed by atoms with E-state index in [9.17, 15) is 4.79 Å². The Balaban J connectivity index is 2.37. The summed E-state index contributed by atoms with van der Waals surface area (Å²) < 4.78 is 0. The molecule has 0 saturated carbocycles. The van der Waals surface area contributed by atoms with Gasteiger partial charge in [-0.15, -0.1) is 0 Å². The fourth-order valence-electron chi connectivity index (χ4n) is 4.33. The monoisotopic (exact) mass is 401 g/mol. The quantitative estimate of drug-likeness (QED) is 0.733. The fourth-order valence-corrected chi connectivity index (χ4v) is 4.69. The number of aromatic nitrogens is 3. The van der Waals surface area contributed by atoms with Crippen LogP contribution in [-0.4, -0.2) is 49.4 Å². The SMILES string of the molecule is CCCCN(C(C)=O)C1CC(C)(C)N(c2nc(Cl)nc(Cl)n2)C(C)(C)C1. The number of piperidine rings is 1. The van der Waals surface area contributed by atoms with E-state index >= 15 is 0 Å². The van der Waals surface area contributed by atoms with Crippen LogP contribution in [0.15, 0.2) is 0 Å². The molecule has 2 heterocycles. The average molecular weight is 402 g/mol. The molecular formula is C18H29Cl2N5O. The van der Waals surface area contributed by atoms with E-state index in [-0.39, 0.29) is 33.6 Å². The third-order valence-electron chi connectivity index (χ3n) is 5.05. The lowest BCUT2D eigenvalue weighted by Crippen LogP contribution is -2.65. The molecule has 1 aromatic heterocycles. The Bertz CT molecular complexity index is 627. The van der Waals surface area contributed by atoms with Crippen LogP contribution < -0.4 is 4.90 Å². The molecule has 6 nitrogen and oxygen atoms in total. The summed E-state index contributed by atoms with van der Waals surface area (Å²) >= 11 is 12.0. The number of unbranched alkanes of at least 4 members (excludes halogenated alkanes) is 1. The highest BCUT2D eigenvalue weighted by Crippen LogP contribution is 2.42. The summed E-state index contributed by atoms with van der Waals surface area (Å²) in [4.78, 5) is 28.9. The fraction of sp³-hybridized carbons (Fsp3) is 0.778. The van der Waals surface area contributed by atoms with Crippen molar-refractivity contribution in [1.29, 1.82) is 0 Å². The molecule has 1 aromatic rings. The number of nitrogens with zero attached hydrogens (tertiary/aromatic N) is 5. The van der Waals surface area contributed by atoms with Gasteiger partial charge in [-0.3, -0.25) is 4.79 Å². The Morgan fingerprint density at radius 1 is 1.12 bits per heavy atom. The van der Waals surface area contributed by atoms with Gasteiger partial charge in [0.05, 0.1) is 0 Å². The number of amides is 1. The minimum Gasteiger partial charge on any atom is -0.340 e. The minimum absolute atomic E-state index is 0.0852. The van der Waals surface area contributed by atoms with Crippen molar-refractivity contribution in [2.75, 3.05) is 11.4 Å². The molecule has 1 fully saturated rings. The average Bonchev–Trinajstić information content (AvgIpc) is 2.43. The Morgan fingerprint density at radius 2 is 1.62 bits per heavy atom. The zero-order chi connectivity index (χ0) is 19.7. The van der Waals surface area contributed by atoms with Gasteiger partial charge in [0.1, 0.15) is 0 Å². The Labute approximate surface area is 166 Å². The van der Waals surface area contributed by atoms with Gasteiger partial charge in [0, 0.05) is 30.6 Å². The first-order valence-electron chi connectivity index (χ1n) is 9.12. The summed E-state index contributed by atoms with van der Waals surface area (Å²) in [6.45, 7) is 13.2. The van der Waals surface area contributed by atoms with Gasteiger partial charge in [-0.1, -0.05) is 13.3 Å². The molecule has 0 aliphatic carbocycles. The molecule has 0 aromatic carbocycles. The summed E-state index contributed by atoms with van der Waals surface area (Å²) in [7, 11) is 0. The maximum atomic E-state index is 12.3. The number of hydrogen-bond acceptors (Lipinski definition) is 5. The van der Waals surface area contributed by atoms with Crippen molar-refractivity contribution in [1.82, 2.24) is 19.9 Å². The Hall–Kier alpha value is -1.14. The van der Waals surface area contributed by atoms with Crippen LogP contribution in [-0.2, 0) is 4.79 Å². The summed E-state index contributed by atoms with van der Waals surface area (Å²) in [5.41, 5.74) is -0.555. The zero-order valence-electron chi connectivity index (χ0n) is 16.5. The lowest BCUT2D eigenvalue weighted by Gasteiger charge is -2.56. The van der Waals surface area contributed by atoms with E-state index in [0.717, 1.165) is 32.2 Å². The van der Waals surface area contributed by atoms with Crippen LogP contribution in [0, 0.1) is 0 Å². The van der Waals surface area contributed by atoms with Gasteiger partial charge in [-0.05, 0) is 70.2 Å². The number of carbonyl (C=O) groups is 1. The van der Waals surface area contributed by atoms with Crippen molar-refractivity contribution < 1.29 is 4.79 Å². The van der Waals surface area contributed by atoms with Crippen molar-refractivity contribution in [2.45, 2.75) is 84.3 Å². The standard InChI is InChI=1S/C18H29Cl2N5O/c1-7-8-9-24(12(2)26)13-10-17(3,4)25(18(5,6)11-13)16-22-14(19)21-15(20)23-16/h13H,7-11H2,1-6H3. The first-order chi connectivity index (χ1) is 12.0. The highest BCUT2D eigenvalue weighted by atomic mass is 35.5. The highest BCUT2D eigenvalue weighted by Gasteiger charge is 2.48. The van der Waals surface area contributed by atoms with E-state index in [1.54, 1.807) is 6.92 Å². The number of hydrogen-bond donors (Lipinski definition) is 0. The molecule has 2 rings (SSSR count). The molecular weight excluding hydrogens is 373 g/mol. The van der Waals surface area contributed by atoms with Crippen molar-refractivity contribution in [3.63, 3.8) is 0 Å². The maximum Gasteiger partial charge on any atom is 0.231 e. The highest BCUT2D eigenvalue weighted by molar-refractivity contribution is 6.31. The van der Waals surface area contributed by atoms with E-state index in [0.29, 0.717) is 5.95 Å². The predicted octanol–water partition coefficient (Wildman–Crippen LogP) is 4.35. The second kappa shape index (κ2) is 7.85. The molecule has 0 atom stereocenters. The van der Waals surface area contributed by atoms with Crippen molar-refractivity contribution in [3.05, 3.63) is 10.6 Å². The van der Waals surface area contributed by atoms with Gasteiger partial charge in [0.25, 0.3) is 0 Å². The van der Waals surface area contributed by atoms with E-state index < -0.39 is 0 Å². The van der Waals surface area contributed by atoms with E-state index in [2.05, 4.69) is 54.5 Å². The summed E-state index contributed by atoms with van der Waals surface area (Å²) in [5, 5.41) is 0.170. The van der Waals surface area contributed by atoms with Gasteiger partial charge >= 0.3 is 0 Å². The molecule has 1 amide bonds. The van der Waals surface area contributed by atoms with Crippen LogP contribution in [0.25, 0.3) is 0 Å². The third kappa shape index (κ3) is 4.58. The van der Waals surface area contributed by atoms with Crippen LogP contribution >= 0.6 is 23.2 Å². The van der Waals surface area contributed by atoms with Crippen molar-refractivity contribution >= 4 is 35.1 Å². The van der Waals surface area contributed by atoms with E-state index in [4.69, 9.17) is 23.2 Å². The molecule has 0 spiro atoms. The van der Waals surface area contributed by atoms with Gasteiger partial charge in [0.2, 0.25) is 22.4 Å². The van der Waals surface area contributed by atoms with Gasteiger partial charge in [0.15, 0.2) is 0 Å². The van der Waals surface area contributed by atoms with E-state index in [1.807, 2.05) is 4.90 Å². The van der Waals surface area contributed by atoms with Crippen LogP contribution in [0.3, 0.4) is 0 Å². The number of rotatable bonds is 5. The topological polar surface area (TPSA) is 62.2 Å². The molecule has 0 unspecified atom stereocenters. The van der Waals surface area contributed by atoms with Gasteiger partial charge < -0.3 is 9.80 Å². The van der Waals surface area contributed by atoms with Gasteiger partial charge in [-0.25, -0.2) is 0 Å². The second-order valence-electron chi connectivity index (χ2n) is 8.26. The third-order valence-corrected chi connectivity index (χ3v) is 5.39. The lowest BCUT2D eigenvalue weighted by molar-refractivity contribution is -0.132. The molecule has 26 heavy (non-hydrogen) atoms. The summed E-state index contributed by atoms with van der Waals surface area (Å²) in [6, 6.07) is 0.174. The summed E-state index contributed by atoms with van der Waals surface area (Å²) in [5.74, 6) is 0.612. The number of halogens is 2. The van der Waals surface area contributed by atoms with Crippen molar-refractivity contribution in [2.24, 2.45) is 0 Å². The Kier molecular flexibility index (Phi) is 6.39. The van der Waals surface area contributed by atoms with Crippen LogP contribution in [0.4, 0.5) is 5.95 Å². The van der Waals surface area contributed by atoms with Crippen LogP contribution in [0.5, 0.6) is 0 Å². The molecule has 8 heteroatoms. The molecule has 0 N–H and O–H groups in total. The lowest BCUT2D eigenvalue weighted by atomic mass is 9.76. The molecule has 1 aliphatic heterocycles. The molecule has 1 saturated heterocycles. The number of anilines is 1. The predicted molar refractivity (Wildman–Crippen MR) is 106 cm³/mol. The van der Waals surface area contributed by atoms with Crippen molar-refractivity contribution in [3.8, 4) is 0 Å². The normalized spacial score (nSPS) is 19.5. The molecule has 0 radical (unpaired) electrons. The molecule has 146 valence electrons. The Morgan fingerprint density at radius 3 is 2.04 bits per heavy atom. The van der Waals surface area contributed by atoms with E-state index in [1.165, 1.54) is 0 Å². The second-order valence-corrected chi connectivity index (χ2v) is 8.94.